The SMILES string of the molecule is CCOc1ncccc1-c1ccc(OC2CC3(C2)CN(C(=O)O)C3)c(C(=O)N[C@@H]2CCNC2)n1.O=CO. The Labute approximate surface area is 214 Å². The molecule has 0 aromatic carbocycles. The molecule has 2 aromatic rings. The molecule has 4 N–H and O–H groups in total. The number of carboxylic acid groups (broad SMARTS) is 2. The highest BCUT2D eigenvalue weighted by molar-refractivity contribution is 5.96. The van der Waals surface area contributed by atoms with Crippen molar-refractivity contribution in [2.75, 3.05) is 32.8 Å². The van der Waals surface area contributed by atoms with E-state index in [-0.39, 0.29) is 35.6 Å². The van der Waals surface area contributed by atoms with Crippen LogP contribution in [0.2, 0.25) is 0 Å². The lowest BCUT2D eigenvalue weighted by atomic mass is 9.62. The lowest BCUT2D eigenvalue weighted by Gasteiger charge is -2.57. The minimum atomic E-state index is -0.878. The predicted molar refractivity (Wildman–Crippen MR) is 132 cm³/mol. The summed E-state index contributed by atoms with van der Waals surface area (Å²) in [6, 6.07) is 7.31. The fourth-order valence-corrected chi connectivity index (χ4v) is 5.05. The minimum absolute atomic E-state index is 0.0104. The zero-order valence-electron chi connectivity index (χ0n) is 20.6. The van der Waals surface area contributed by atoms with Crippen molar-refractivity contribution >= 4 is 18.5 Å². The second-order valence-electron chi connectivity index (χ2n) is 9.39. The molecule has 37 heavy (non-hydrogen) atoms. The number of nitrogens with one attached hydrogen (secondary N) is 2. The number of hydrogen-bond donors (Lipinski definition) is 4. The number of aromatic nitrogens is 2. The van der Waals surface area contributed by atoms with Crippen molar-refractivity contribution in [3.63, 3.8) is 0 Å². The lowest BCUT2D eigenvalue weighted by Crippen LogP contribution is -2.65. The van der Waals surface area contributed by atoms with Crippen molar-refractivity contribution in [2.45, 2.75) is 38.3 Å². The van der Waals surface area contributed by atoms with Crippen molar-refractivity contribution in [3.8, 4) is 22.9 Å². The van der Waals surface area contributed by atoms with Gasteiger partial charge < -0.3 is 35.2 Å². The van der Waals surface area contributed by atoms with Crippen LogP contribution >= 0.6 is 0 Å². The Morgan fingerprint density at radius 2 is 2.05 bits per heavy atom. The molecule has 2 saturated heterocycles. The molecular weight excluding hydrogens is 482 g/mol. The van der Waals surface area contributed by atoms with E-state index in [9.17, 15) is 9.59 Å². The Kier molecular flexibility index (Phi) is 8.07. The Morgan fingerprint density at radius 1 is 1.30 bits per heavy atom. The van der Waals surface area contributed by atoms with Gasteiger partial charge in [-0.3, -0.25) is 9.59 Å². The Bertz CT molecular complexity index is 1120. The van der Waals surface area contributed by atoms with Gasteiger partial charge in [-0.25, -0.2) is 14.8 Å². The zero-order valence-corrected chi connectivity index (χ0v) is 20.6. The summed E-state index contributed by atoms with van der Waals surface area (Å²) in [5, 5.41) is 22.3. The Morgan fingerprint density at radius 3 is 2.70 bits per heavy atom. The van der Waals surface area contributed by atoms with Gasteiger partial charge in [-0.05, 0) is 57.0 Å². The van der Waals surface area contributed by atoms with Crippen LogP contribution in [0.4, 0.5) is 4.79 Å². The van der Waals surface area contributed by atoms with E-state index in [2.05, 4.69) is 20.6 Å². The normalized spacial score (nSPS) is 19.6. The maximum Gasteiger partial charge on any atom is 0.407 e. The third kappa shape index (κ3) is 5.91. The van der Waals surface area contributed by atoms with Crippen molar-refractivity contribution in [3.05, 3.63) is 36.2 Å². The Hall–Kier alpha value is -3.93. The molecule has 2 aliphatic heterocycles. The number of carbonyl (C=O) groups is 3. The lowest BCUT2D eigenvalue weighted by molar-refractivity contribution is -0.122. The van der Waals surface area contributed by atoms with Gasteiger partial charge in [-0.2, -0.15) is 0 Å². The first-order valence-corrected chi connectivity index (χ1v) is 12.2. The highest BCUT2D eigenvalue weighted by Crippen LogP contribution is 2.49. The van der Waals surface area contributed by atoms with Gasteiger partial charge in [0.05, 0.1) is 17.9 Å². The molecule has 3 fully saturated rings. The van der Waals surface area contributed by atoms with Gasteiger partial charge in [-0.1, -0.05) is 0 Å². The van der Waals surface area contributed by atoms with Crippen LogP contribution in [0.5, 0.6) is 11.6 Å². The number of carbonyl (C=O) groups excluding carboxylic acids is 1. The molecule has 4 heterocycles. The molecule has 1 spiro atoms. The molecule has 2 aromatic heterocycles. The van der Waals surface area contributed by atoms with Gasteiger partial charge in [0.2, 0.25) is 5.88 Å². The van der Waals surface area contributed by atoms with Crippen LogP contribution in [0.15, 0.2) is 30.5 Å². The van der Waals surface area contributed by atoms with Gasteiger partial charge in [-0.15, -0.1) is 0 Å². The molecule has 2 amide bonds. The van der Waals surface area contributed by atoms with Crippen LogP contribution in [0.1, 0.15) is 36.7 Å². The van der Waals surface area contributed by atoms with Crippen LogP contribution in [0.25, 0.3) is 11.3 Å². The van der Waals surface area contributed by atoms with Crippen LogP contribution < -0.4 is 20.1 Å². The summed E-state index contributed by atoms with van der Waals surface area (Å²) in [5.41, 5.74) is 1.53. The smallest absolute Gasteiger partial charge is 0.407 e. The summed E-state index contributed by atoms with van der Waals surface area (Å²) < 4.78 is 11.9. The van der Waals surface area contributed by atoms with Gasteiger partial charge in [0.15, 0.2) is 11.4 Å². The largest absolute Gasteiger partial charge is 0.488 e. The highest BCUT2D eigenvalue weighted by Gasteiger charge is 2.55. The van der Waals surface area contributed by atoms with E-state index in [4.69, 9.17) is 24.5 Å². The van der Waals surface area contributed by atoms with E-state index in [1.54, 1.807) is 18.3 Å². The molecule has 198 valence electrons. The minimum Gasteiger partial charge on any atom is -0.488 e. The zero-order chi connectivity index (χ0) is 26.4. The number of ether oxygens (including phenoxy) is 2. The fraction of sp³-hybridized carbons (Fsp3) is 0.480. The Balaban J connectivity index is 0.00000102. The number of nitrogens with zero attached hydrogens (tertiary/aromatic N) is 3. The number of rotatable bonds is 7. The maximum atomic E-state index is 13.2. The fourth-order valence-electron chi connectivity index (χ4n) is 5.05. The molecule has 12 nitrogen and oxygen atoms in total. The molecule has 1 atom stereocenters. The predicted octanol–water partition coefficient (Wildman–Crippen LogP) is 1.86. The van der Waals surface area contributed by atoms with Crippen LogP contribution in [0.3, 0.4) is 0 Å². The van der Waals surface area contributed by atoms with Crippen LogP contribution in [-0.2, 0) is 4.79 Å². The van der Waals surface area contributed by atoms with Gasteiger partial charge >= 0.3 is 6.09 Å². The summed E-state index contributed by atoms with van der Waals surface area (Å²) in [5.74, 6) is 0.622. The van der Waals surface area contributed by atoms with E-state index in [0.717, 1.165) is 32.4 Å². The molecule has 0 unspecified atom stereocenters. The van der Waals surface area contributed by atoms with Gasteiger partial charge in [0.25, 0.3) is 12.4 Å². The van der Waals surface area contributed by atoms with E-state index in [1.165, 1.54) is 4.90 Å². The van der Waals surface area contributed by atoms with E-state index < -0.39 is 6.09 Å². The number of pyridine rings is 2. The number of likely N-dealkylation sites (tertiary alicyclic amines) is 1. The van der Waals surface area contributed by atoms with Gasteiger partial charge in [0.1, 0.15) is 6.10 Å². The average Bonchev–Trinajstić information content (AvgIpc) is 3.34. The molecule has 12 heteroatoms. The summed E-state index contributed by atoms with van der Waals surface area (Å²) in [6.45, 7) is 4.79. The molecule has 0 bridgehead atoms. The topological polar surface area (TPSA) is 163 Å². The quantitative estimate of drug-likeness (QED) is 0.402. The molecule has 3 aliphatic rings. The first-order valence-electron chi connectivity index (χ1n) is 12.2. The monoisotopic (exact) mass is 513 g/mol. The second kappa shape index (κ2) is 11.4. The van der Waals surface area contributed by atoms with Crippen LogP contribution in [-0.4, -0.2) is 88.5 Å². The summed E-state index contributed by atoms with van der Waals surface area (Å²) >= 11 is 0. The first kappa shape index (κ1) is 26.1. The highest BCUT2D eigenvalue weighted by atomic mass is 16.5. The van der Waals surface area contributed by atoms with Crippen LogP contribution in [0, 0.1) is 5.41 Å². The summed E-state index contributed by atoms with van der Waals surface area (Å²) in [7, 11) is 0. The third-order valence-electron chi connectivity index (χ3n) is 6.74. The van der Waals surface area contributed by atoms with Crippen molar-refractivity contribution in [1.29, 1.82) is 0 Å². The number of amides is 2. The number of hydrogen-bond acceptors (Lipinski definition) is 8. The molecular formula is C25H31N5O7. The first-order chi connectivity index (χ1) is 17.9. The van der Waals surface area contributed by atoms with E-state index in [0.29, 0.717) is 42.6 Å². The third-order valence-corrected chi connectivity index (χ3v) is 6.74. The van der Waals surface area contributed by atoms with Gasteiger partial charge in [0, 0.05) is 37.3 Å². The van der Waals surface area contributed by atoms with E-state index in [1.807, 2.05) is 19.1 Å². The molecule has 5 rings (SSSR count). The molecule has 1 aliphatic carbocycles. The maximum absolute atomic E-state index is 13.2. The van der Waals surface area contributed by atoms with Crippen molar-refractivity contribution < 1.29 is 34.1 Å². The van der Waals surface area contributed by atoms with E-state index >= 15 is 0 Å². The standard InChI is InChI=1S/C24H29N5O5.CH2O2/c1-2-33-22-17(4-3-8-26-22)18-5-6-19(20(28-18)21(30)27-15-7-9-25-12-15)34-16-10-24(11-16)13-29(14-24)23(31)32;2-1-3/h3-6,8,15-16,25H,2,7,9-14H2,1H3,(H,27,30)(H,31,32);1H,(H,2,3)/t15-;/m1./s1. The van der Waals surface area contributed by atoms with Crippen molar-refractivity contribution in [1.82, 2.24) is 25.5 Å². The average molecular weight is 514 g/mol. The second-order valence-corrected chi connectivity index (χ2v) is 9.39. The summed E-state index contributed by atoms with van der Waals surface area (Å²) in [6.07, 6.45) is 3.11. The molecule has 1 saturated carbocycles. The molecule has 0 radical (unpaired) electrons. The van der Waals surface area contributed by atoms with Crippen molar-refractivity contribution in [2.24, 2.45) is 5.41 Å². The summed E-state index contributed by atoms with van der Waals surface area (Å²) in [4.78, 5) is 43.1.